The second kappa shape index (κ2) is 8.83. The average Bonchev–Trinajstić information content (AvgIpc) is 2.78. The van der Waals surface area contributed by atoms with Gasteiger partial charge in [0.15, 0.2) is 23.0 Å². The van der Waals surface area contributed by atoms with Crippen LogP contribution in [0, 0.1) is 0 Å². The van der Waals surface area contributed by atoms with Crippen molar-refractivity contribution in [1.29, 1.82) is 0 Å². The summed E-state index contributed by atoms with van der Waals surface area (Å²) in [5.74, 6) is -2.26. The highest BCUT2D eigenvalue weighted by molar-refractivity contribution is 5.86. The zero-order chi connectivity index (χ0) is 24.7. The fourth-order valence-corrected chi connectivity index (χ4v) is 3.59. The van der Waals surface area contributed by atoms with Gasteiger partial charge in [-0.3, -0.25) is 4.79 Å². The van der Waals surface area contributed by atoms with Crippen LogP contribution in [0.25, 0.3) is 22.3 Å². The Morgan fingerprint density at radius 1 is 0.971 bits per heavy atom. The van der Waals surface area contributed by atoms with Crippen LogP contribution >= 0.6 is 0 Å². The molecule has 0 amide bonds. The van der Waals surface area contributed by atoms with Crippen molar-refractivity contribution in [2.75, 3.05) is 7.11 Å². The van der Waals surface area contributed by atoms with Crippen LogP contribution in [-0.4, -0.2) is 74.4 Å². The number of carbonyl (C=O) groups is 1. The van der Waals surface area contributed by atoms with Gasteiger partial charge >= 0.3 is 5.97 Å². The Morgan fingerprint density at radius 3 is 2.38 bits per heavy atom. The lowest BCUT2D eigenvalue weighted by Crippen LogP contribution is -2.61. The molecule has 34 heavy (non-hydrogen) atoms. The Balaban J connectivity index is 1.73. The normalized spacial score (nSPS) is 24.6. The molecule has 4 rings (SSSR count). The fraction of sp³-hybridized carbons (Fsp3) is 0.273. The first-order chi connectivity index (χ1) is 16.1. The Labute approximate surface area is 190 Å². The zero-order valence-corrected chi connectivity index (χ0v) is 17.5. The van der Waals surface area contributed by atoms with Gasteiger partial charge in [0, 0.05) is 23.8 Å². The number of phenols is 2. The van der Waals surface area contributed by atoms with Crippen LogP contribution < -0.4 is 14.9 Å². The first-order valence-electron chi connectivity index (χ1n) is 9.88. The van der Waals surface area contributed by atoms with Crippen LogP contribution in [-0.2, 0) is 9.53 Å². The second-order valence-electron chi connectivity index (χ2n) is 7.53. The molecule has 2 heterocycles. The first-order valence-corrected chi connectivity index (χ1v) is 9.88. The highest BCUT2D eigenvalue weighted by Crippen LogP contribution is 2.36. The fourth-order valence-electron chi connectivity index (χ4n) is 3.59. The van der Waals surface area contributed by atoms with Gasteiger partial charge in [-0.25, -0.2) is 4.79 Å². The molecule has 0 spiro atoms. The van der Waals surface area contributed by atoms with Crippen LogP contribution in [0.4, 0.5) is 0 Å². The topological polar surface area (TPSA) is 196 Å². The lowest BCUT2D eigenvalue weighted by atomic mass is 9.99. The van der Waals surface area contributed by atoms with Crippen molar-refractivity contribution in [2.45, 2.75) is 30.7 Å². The maximum absolute atomic E-state index is 12.5. The Morgan fingerprint density at radius 2 is 1.71 bits per heavy atom. The van der Waals surface area contributed by atoms with Crippen molar-refractivity contribution in [3.8, 4) is 34.3 Å². The number of carboxylic acids is 1. The predicted octanol–water partition coefficient (Wildman–Crippen LogP) is 0.151. The van der Waals surface area contributed by atoms with Gasteiger partial charge in [0.2, 0.25) is 6.29 Å². The summed E-state index contributed by atoms with van der Waals surface area (Å²) in [6.07, 6.45) is -9.12. The van der Waals surface area contributed by atoms with Gasteiger partial charge in [-0.05, 0) is 18.2 Å². The van der Waals surface area contributed by atoms with Crippen LogP contribution in [0.5, 0.6) is 23.0 Å². The van der Waals surface area contributed by atoms with Crippen molar-refractivity contribution >= 4 is 16.9 Å². The summed E-state index contributed by atoms with van der Waals surface area (Å²) < 4.78 is 21.6. The number of rotatable bonds is 5. The molecule has 12 nitrogen and oxygen atoms in total. The largest absolute Gasteiger partial charge is 0.508 e. The molecule has 1 fully saturated rings. The number of methoxy groups -OCH3 is 1. The van der Waals surface area contributed by atoms with Gasteiger partial charge in [-0.2, -0.15) is 0 Å². The minimum atomic E-state index is -1.89. The van der Waals surface area contributed by atoms with E-state index in [-0.39, 0.29) is 39.5 Å². The molecule has 1 aliphatic heterocycles. The summed E-state index contributed by atoms with van der Waals surface area (Å²) in [7, 11) is 1.32. The third kappa shape index (κ3) is 4.10. The van der Waals surface area contributed by atoms with E-state index in [9.17, 15) is 40.2 Å². The molecule has 1 aliphatic rings. The summed E-state index contributed by atoms with van der Waals surface area (Å²) in [4.78, 5) is 23.9. The molecule has 0 saturated carbocycles. The molecule has 1 aromatic heterocycles. The van der Waals surface area contributed by atoms with Gasteiger partial charge in [0.25, 0.3) is 0 Å². The number of carboxylic acid groups (broad SMARTS) is 1. The third-order valence-electron chi connectivity index (χ3n) is 5.30. The van der Waals surface area contributed by atoms with Crippen molar-refractivity contribution in [3.63, 3.8) is 0 Å². The minimum absolute atomic E-state index is 0.0268. The molecule has 0 bridgehead atoms. The van der Waals surface area contributed by atoms with Gasteiger partial charge in [0.1, 0.15) is 46.5 Å². The average molecular weight is 476 g/mol. The molecule has 5 atom stereocenters. The Hall–Kier alpha value is -3.84. The van der Waals surface area contributed by atoms with E-state index in [0.29, 0.717) is 0 Å². The molecular formula is C22H20O12. The summed E-state index contributed by atoms with van der Waals surface area (Å²) in [5, 5.41) is 58.8. The van der Waals surface area contributed by atoms with E-state index < -0.39 is 47.9 Å². The van der Waals surface area contributed by atoms with Crippen molar-refractivity contribution in [2.24, 2.45) is 0 Å². The molecule has 2 aromatic carbocycles. The van der Waals surface area contributed by atoms with Gasteiger partial charge in [0.05, 0.1) is 7.11 Å². The van der Waals surface area contributed by atoms with Gasteiger partial charge in [-0.1, -0.05) is 0 Å². The molecule has 12 heteroatoms. The smallest absolute Gasteiger partial charge is 0.335 e. The van der Waals surface area contributed by atoms with E-state index in [2.05, 4.69) is 0 Å². The monoisotopic (exact) mass is 476 g/mol. The number of phenolic OH excluding ortho intramolecular Hbond substituents is 2. The number of hydrogen-bond acceptors (Lipinski definition) is 11. The number of aliphatic hydroxyl groups excluding tert-OH is 3. The number of aliphatic carboxylic acids is 1. The van der Waals surface area contributed by atoms with Crippen molar-refractivity contribution in [3.05, 3.63) is 46.6 Å². The molecule has 6 N–H and O–H groups in total. The summed E-state index contributed by atoms with van der Waals surface area (Å²) in [6, 6.07) is 7.56. The molecule has 0 radical (unpaired) electrons. The Bertz CT molecular complexity index is 1300. The summed E-state index contributed by atoms with van der Waals surface area (Å²) in [6.45, 7) is 0. The standard InChI is InChI=1S/C22H20O12/c1-31-12-3-2-8(13-7-11(25)16-10(24)5-9(23)6-15(16)32-13)4-14(12)33-22-19(28)17(26)18(27)20(34-22)21(29)30/h2-7,17-20,22-24,26-28H,1H3,(H,29,30)/t17-,18-,19?,20?,22+/m0/s1. The van der Waals surface area contributed by atoms with E-state index in [1.165, 1.54) is 25.3 Å². The third-order valence-corrected chi connectivity index (χ3v) is 5.30. The molecule has 1 saturated heterocycles. The summed E-state index contributed by atoms with van der Waals surface area (Å²) in [5.41, 5.74) is -0.386. The van der Waals surface area contributed by atoms with E-state index in [0.717, 1.165) is 18.2 Å². The lowest BCUT2D eigenvalue weighted by molar-refractivity contribution is -0.271. The van der Waals surface area contributed by atoms with Crippen LogP contribution in [0.2, 0.25) is 0 Å². The number of ether oxygens (including phenoxy) is 3. The van der Waals surface area contributed by atoms with E-state index in [1.807, 2.05) is 0 Å². The zero-order valence-electron chi connectivity index (χ0n) is 17.5. The molecular weight excluding hydrogens is 456 g/mol. The number of fused-ring (bicyclic) bond motifs is 1. The predicted molar refractivity (Wildman–Crippen MR) is 113 cm³/mol. The quantitative estimate of drug-likeness (QED) is 0.292. The molecule has 0 aliphatic carbocycles. The highest BCUT2D eigenvalue weighted by atomic mass is 16.7. The van der Waals surface area contributed by atoms with Crippen molar-refractivity contribution in [1.82, 2.24) is 0 Å². The first kappa shape index (κ1) is 23.3. The SMILES string of the molecule is COc1ccc(-c2cc(=O)c3c(O)cc(O)cc3o2)cc1O[C@@H]1OC(C(=O)O)[C@@H](O)[C@H](O)C1O. The number of aliphatic hydroxyl groups is 3. The number of hydrogen-bond donors (Lipinski definition) is 6. The maximum atomic E-state index is 12.5. The Kier molecular flexibility index (Phi) is 6.06. The van der Waals surface area contributed by atoms with E-state index >= 15 is 0 Å². The van der Waals surface area contributed by atoms with Crippen LogP contribution in [0.1, 0.15) is 0 Å². The maximum Gasteiger partial charge on any atom is 0.335 e. The molecule has 3 aromatic rings. The van der Waals surface area contributed by atoms with Crippen molar-refractivity contribution < 1.29 is 54.1 Å². The minimum Gasteiger partial charge on any atom is -0.508 e. The number of aromatic hydroxyl groups is 2. The van der Waals surface area contributed by atoms with Crippen LogP contribution in [0.3, 0.4) is 0 Å². The molecule has 2 unspecified atom stereocenters. The van der Waals surface area contributed by atoms with Gasteiger partial charge in [-0.15, -0.1) is 0 Å². The van der Waals surface area contributed by atoms with Gasteiger partial charge < -0.3 is 49.3 Å². The highest BCUT2D eigenvalue weighted by Gasteiger charge is 2.48. The number of benzene rings is 2. The second-order valence-corrected chi connectivity index (χ2v) is 7.53. The van der Waals surface area contributed by atoms with Crippen LogP contribution in [0.15, 0.2) is 45.6 Å². The lowest BCUT2D eigenvalue weighted by Gasteiger charge is -2.38. The van der Waals surface area contributed by atoms with E-state index in [1.54, 1.807) is 0 Å². The summed E-state index contributed by atoms with van der Waals surface area (Å²) >= 11 is 0. The van der Waals surface area contributed by atoms with E-state index in [4.69, 9.17) is 18.6 Å². The molecule has 180 valence electrons.